The molecule has 82 valence electrons. The van der Waals surface area contributed by atoms with Crippen LogP contribution < -0.4 is 16.0 Å². The van der Waals surface area contributed by atoms with Crippen molar-refractivity contribution in [2.45, 2.75) is 6.42 Å². The molecule has 0 heterocycles. The highest BCUT2D eigenvalue weighted by Crippen LogP contribution is 2.22. The highest BCUT2D eigenvalue weighted by atomic mass is 79.9. The number of rotatable bonds is 4. The van der Waals surface area contributed by atoms with Gasteiger partial charge in [-0.05, 0) is 18.2 Å². The molecule has 1 aromatic rings. The van der Waals surface area contributed by atoms with Crippen molar-refractivity contribution in [3.05, 3.63) is 28.5 Å². The minimum atomic E-state index is -0.466. The predicted octanol–water partition coefficient (Wildman–Crippen LogP) is 1.35. The van der Waals surface area contributed by atoms with E-state index in [1.807, 2.05) is 5.43 Å². The fourth-order valence-corrected chi connectivity index (χ4v) is 1.25. The van der Waals surface area contributed by atoms with Crippen LogP contribution in [0.25, 0.3) is 0 Å². The molecule has 3 N–H and O–H groups in total. The lowest BCUT2D eigenvalue weighted by Gasteiger charge is -2.06. The van der Waals surface area contributed by atoms with Gasteiger partial charge in [-0.1, -0.05) is 15.9 Å². The van der Waals surface area contributed by atoms with Crippen molar-refractivity contribution in [3.63, 3.8) is 0 Å². The Hall–Kier alpha value is -1.14. The number of ether oxygens (including phenoxy) is 1. The average molecular weight is 277 g/mol. The monoisotopic (exact) mass is 276 g/mol. The largest absolute Gasteiger partial charge is 0.490 e. The van der Waals surface area contributed by atoms with E-state index in [2.05, 4.69) is 15.9 Å². The van der Waals surface area contributed by atoms with E-state index in [9.17, 15) is 9.18 Å². The summed E-state index contributed by atoms with van der Waals surface area (Å²) < 4.78 is 18.9. The lowest BCUT2D eigenvalue weighted by molar-refractivity contribution is -0.121. The molecule has 0 saturated heterocycles. The quantitative estimate of drug-likeness (QED) is 0.496. The second-order valence-electron chi connectivity index (χ2n) is 2.74. The number of carbonyl (C=O) groups excluding carboxylic acids is 1. The van der Waals surface area contributed by atoms with Crippen molar-refractivity contribution in [1.29, 1.82) is 0 Å². The van der Waals surface area contributed by atoms with Crippen molar-refractivity contribution < 1.29 is 13.9 Å². The van der Waals surface area contributed by atoms with Crippen LogP contribution in [0.4, 0.5) is 4.39 Å². The second-order valence-corrected chi connectivity index (χ2v) is 3.66. The van der Waals surface area contributed by atoms with Crippen LogP contribution in [0.15, 0.2) is 22.7 Å². The maximum atomic E-state index is 13.1. The van der Waals surface area contributed by atoms with Gasteiger partial charge in [0.15, 0.2) is 11.6 Å². The highest BCUT2D eigenvalue weighted by molar-refractivity contribution is 9.10. The molecule has 1 amide bonds. The molecular weight excluding hydrogens is 267 g/mol. The molecule has 0 spiro atoms. The van der Waals surface area contributed by atoms with Gasteiger partial charge in [-0.3, -0.25) is 10.2 Å². The standard InChI is InChI=1S/C9H10BrFN2O2/c10-6-1-2-7(11)8(5-6)15-4-3-9(14)13-12/h1-2,5H,3-4,12H2,(H,13,14). The molecule has 15 heavy (non-hydrogen) atoms. The van der Waals surface area contributed by atoms with E-state index in [0.717, 1.165) is 0 Å². The molecule has 0 aromatic heterocycles. The first-order valence-electron chi connectivity index (χ1n) is 4.21. The molecule has 4 nitrogen and oxygen atoms in total. The van der Waals surface area contributed by atoms with E-state index < -0.39 is 5.82 Å². The van der Waals surface area contributed by atoms with Crippen LogP contribution in [0.2, 0.25) is 0 Å². The van der Waals surface area contributed by atoms with E-state index in [-0.39, 0.29) is 24.7 Å². The molecule has 0 aliphatic rings. The molecule has 0 unspecified atom stereocenters. The zero-order valence-electron chi connectivity index (χ0n) is 7.80. The number of hydrogen-bond acceptors (Lipinski definition) is 3. The van der Waals surface area contributed by atoms with Gasteiger partial charge in [-0.15, -0.1) is 0 Å². The number of amides is 1. The molecule has 0 saturated carbocycles. The molecule has 0 atom stereocenters. The molecule has 0 aliphatic carbocycles. The molecule has 0 bridgehead atoms. The molecule has 6 heteroatoms. The summed E-state index contributed by atoms with van der Waals surface area (Å²) in [4.78, 5) is 10.7. The number of halogens is 2. The summed E-state index contributed by atoms with van der Waals surface area (Å²) in [6, 6.07) is 4.34. The van der Waals surface area contributed by atoms with Crippen LogP contribution in [-0.4, -0.2) is 12.5 Å². The Balaban J connectivity index is 2.50. The van der Waals surface area contributed by atoms with E-state index in [1.165, 1.54) is 12.1 Å². The fraction of sp³-hybridized carbons (Fsp3) is 0.222. The van der Waals surface area contributed by atoms with Gasteiger partial charge in [-0.25, -0.2) is 10.2 Å². The van der Waals surface area contributed by atoms with Gasteiger partial charge < -0.3 is 4.74 Å². The molecule has 1 aromatic carbocycles. The van der Waals surface area contributed by atoms with E-state index in [1.54, 1.807) is 6.07 Å². The minimum Gasteiger partial charge on any atom is -0.490 e. The number of nitrogens with one attached hydrogen (secondary N) is 1. The molecular formula is C9H10BrFN2O2. The van der Waals surface area contributed by atoms with Crippen LogP contribution in [0, 0.1) is 5.82 Å². The molecule has 0 radical (unpaired) electrons. The first kappa shape index (κ1) is 11.9. The number of nitrogens with two attached hydrogens (primary N) is 1. The third-order valence-electron chi connectivity index (χ3n) is 1.64. The van der Waals surface area contributed by atoms with Crippen LogP contribution in [0.1, 0.15) is 6.42 Å². The van der Waals surface area contributed by atoms with Crippen molar-refractivity contribution in [3.8, 4) is 5.75 Å². The Morgan fingerprint density at radius 3 is 3.00 bits per heavy atom. The summed E-state index contributed by atoms with van der Waals surface area (Å²) in [5.74, 6) is 4.15. The van der Waals surface area contributed by atoms with Gasteiger partial charge in [0.2, 0.25) is 5.91 Å². The fourth-order valence-electron chi connectivity index (χ4n) is 0.914. The van der Waals surface area contributed by atoms with E-state index in [4.69, 9.17) is 10.6 Å². The number of carbonyl (C=O) groups is 1. The maximum absolute atomic E-state index is 13.1. The SMILES string of the molecule is NNC(=O)CCOc1cc(Br)ccc1F. The Morgan fingerprint density at radius 2 is 2.33 bits per heavy atom. The predicted molar refractivity (Wildman–Crippen MR) is 56.5 cm³/mol. The van der Waals surface area contributed by atoms with Crippen molar-refractivity contribution in [2.24, 2.45) is 5.84 Å². The van der Waals surface area contributed by atoms with Crippen LogP contribution >= 0.6 is 15.9 Å². The Labute approximate surface area is 94.7 Å². The van der Waals surface area contributed by atoms with Crippen molar-refractivity contribution in [1.82, 2.24) is 5.43 Å². The molecule has 0 fully saturated rings. The van der Waals surface area contributed by atoms with Gasteiger partial charge in [0, 0.05) is 4.47 Å². The van der Waals surface area contributed by atoms with Crippen LogP contribution in [0.3, 0.4) is 0 Å². The van der Waals surface area contributed by atoms with E-state index in [0.29, 0.717) is 4.47 Å². The lowest BCUT2D eigenvalue weighted by atomic mass is 10.3. The Morgan fingerprint density at radius 1 is 1.60 bits per heavy atom. The van der Waals surface area contributed by atoms with Crippen LogP contribution in [-0.2, 0) is 4.79 Å². The smallest absolute Gasteiger partial charge is 0.237 e. The number of benzene rings is 1. The third kappa shape index (κ3) is 3.85. The third-order valence-corrected chi connectivity index (χ3v) is 2.13. The zero-order valence-corrected chi connectivity index (χ0v) is 9.38. The van der Waals surface area contributed by atoms with Gasteiger partial charge in [0.05, 0.1) is 13.0 Å². The number of hydrazine groups is 1. The average Bonchev–Trinajstić information content (AvgIpc) is 2.23. The Kier molecular flexibility index (Phi) is 4.51. The number of hydrogen-bond donors (Lipinski definition) is 2. The minimum absolute atomic E-state index is 0.0798. The van der Waals surface area contributed by atoms with Gasteiger partial charge >= 0.3 is 0 Å². The first-order chi connectivity index (χ1) is 7.13. The second kappa shape index (κ2) is 5.67. The van der Waals surface area contributed by atoms with Gasteiger partial charge in [-0.2, -0.15) is 0 Å². The van der Waals surface area contributed by atoms with Crippen molar-refractivity contribution >= 4 is 21.8 Å². The summed E-state index contributed by atoms with van der Waals surface area (Å²) in [6.45, 7) is 0.0798. The summed E-state index contributed by atoms with van der Waals surface area (Å²) in [7, 11) is 0. The first-order valence-corrected chi connectivity index (χ1v) is 5.00. The normalized spacial score (nSPS) is 9.80. The van der Waals surface area contributed by atoms with Crippen LogP contribution in [0.5, 0.6) is 5.75 Å². The summed E-state index contributed by atoms with van der Waals surface area (Å²) >= 11 is 3.18. The van der Waals surface area contributed by atoms with Gasteiger partial charge in [0.1, 0.15) is 0 Å². The molecule has 0 aliphatic heterocycles. The zero-order chi connectivity index (χ0) is 11.3. The lowest BCUT2D eigenvalue weighted by Crippen LogP contribution is -2.31. The summed E-state index contributed by atoms with van der Waals surface area (Å²) in [6.07, 6.45) is 0.0858. The van der Waals surface area contributed by atoms with E-state index >= 15 is 0 Å². The maximum Gasteiger partial charge on any atom is 0.237 e. The topological polar surface area (TPSA) is 64.3 Å². The van der Waals surface area contributed by atoms with Crippen molar-refractivity contribution in [2.75, 3.05) is 6.61 Å². The summed E-state index contributed by atoms with van der Waals surface area (Å²) in [5, 5.41) is 0. The summed E-state index contributed by atoms with van der Waals surface area (Å²) in [5.41, 5.74) is 1.96. The highest BCUT2D eigenvalue weighted by Gasteiger charge is 2.05. The molecule has 1 rings (SSSR count). The Bertz CT molecular complexity index is 360. The van der Waals surface area contributed by atoms with Gasteiger partial charge in [0.25, 0.3) is 0 Å².